The van der Waals surface area contributed by atoms with Crippen LogP contribution in [0.1, 0.15) is 27.7 Å². The molecule has 0 radical (unpaired) electrons. The maximum absolute atomic E-state index is 6.29. The Bertz CT molecular complexity index is 1360. The first kappa shape index (κ1) is 16.4. The summed E-state index contributed by atoms with van der Waals surface area (Å²) in [6, 6.07) is 19.1. The lowest BCUT2D eigenvalue weighted by atomic mass is 9.77. The normalized spacial score (nSPS) is 18.9. The molecule has 0 spiro atoms. The summed E-state index contributed by atoms with van der Waals surface area (Å²) in [6.45, 7) is 8.35. The van der Waals surface area contributed by atoms with E-state index in [9.17, 15) is 0 Å². The van der Waals surface area contributed by atoms with Crippen molar-refractivity contribution in [2.45, 2.75) is 38.9 Å². The van der Waals surface area contributed by atoms with Crippen LogP contribution < -0.4 is 5.46 Å². The highest BCUT2D eigenvalue weighted by molar-refractivity contribution is 6.62. The zero-order chi connectivity index (χ0) is 19.3. The molecule has 6 rings (SSSR count). The average Bonchev–Trinajstić information content (AvgIpc) is 3.15. The van der Waals surface area contributed by atoms with Crippen LogP contribution >= 0.6 is 0 Å². The van der Waals surface area contributed by atoms with Gasteiger partial charge in [-0.15, -0.1) is 0 Å². The van der Waals surface area contributed by atoms with E-state index in [1.807, 2.05) is 12.1 Å². The highest BCUT2D eigenvalue weighted by atomic mass is 16.7. The Morgan fingerprint density at radius 2 is 1.21 bits per heavy atom. The van der Waals surface area contributed by atoms with Crippen molar-refractivity contribution in [3.8, 4) is 0 Å². The third kappa shape index (κ3) is 1.97. The number of hydrogen-bond donors (Lipinski definition) is 0. The summed E-state index contributed by atoms with van der Waals surface area (Å²) >= 11 is 0. The third-order valence-electron chi connectivity index (χ3n) is 6.67. The highest BCUT2D eigenvalue weighted by Gasteiger charge is 2.51. The van der Waals surface area contributed by atoms with Crippen LogP contribution in [0.15, 0.2) is 59.0 Å². The van der Waals surface area contributed by atoms with Crippen LogP contribution in [-0.2, 0) is 9.31 Å². The Morgan fingerprint density at radius 3 is 1.82 bits per heavy atom. The lowest BCUT2D eigenvalue weighted by molar-refractivity contribution is 0.00578. The summed E-state index contributed by atoms with van der Waals surface area (Å²) in [4.78, 5) is 0. The van der Waals surface area contributed by atoms with Gasteiger partial charge in [0, 0.05) is 10.8 Å². The minimum atomic E-state index is -0.365. The monoisotopic (exact) mass is 368 g/mol. The molecule has 2 heterocycles. The van der Waals surface area contributed by atoms with E-state index in [4.69, 9.17) is 13.7 Å². The molecule has 4 heteroatoms. The van der Waals surface area contributed by atoms with E-state index in [2.05, 4.69) is 70.2 Å². The lowest BCUT2D eigenvalue weighted by Gasteiger charge is -2.32. The fourth-order valence-corrected chi connectivity index (χ4v) is 4.46. The van der Waals surface area contributed by atoms with Gasteiger partial charge in [-0.1, -0.05) is 42.5 Å². The standard InChI is InChI=1S/C24H21BO3/c1-23(2)24(3,4)28-25(27-23)14-11-12-15-16-7-5-9-19-21(16)22-17(18(15)13-14)8-6-10-20(22)26-19/h5-13H,1-4H3. The molecule has 28 heavy (non-hydrogen) atoms. The van der Waals surface area contributed by atoms with Crippen molar-refractivity contribution < 1.29 is 13.7 Å². The molecule has 0 atom stereocenters. The lowest BCUT2D eigenvalue weighted by Crippen LogP contribution is -2.41. The minimum Gasteiger partial charge on any atom is -0.456 e. The van der Waals surface area contributed by atoms with Crippen molar-refractivity contribution in [1.82, 2.24) is 0 Å². The molecule has 1 aromatic heterocycles. The largest absolute Gasteiger partial charge is 0.494 e. The van der Waals surface area contributed by atoms with Gasteiger partial charge in [-0.05, 0) is 66.8 Å². The number of furan rings is 1. The number of benzene rings is 4. The molecule has 0 saturated carbocycles. The summed E-state index contributed by atoms with van der Waals surface area (Å²) in [5, 5.41) is 7.29. The van der Waals surface area contributed by atoms with Gasteiger partial charge in [0.05, 0.1) is 11.2 Å². The first-order valence-electron chi connectivity index (χ1n) is 9.80. The fraction of sp³-hybridized carbons (Fsp3) is 0.250. The van der Waals surface area contributed by atoms with E-state index in [1.165, 1.54) is 32.3 Å². The Labute approximate surface area is 163 Å². The molecule has 0 N–H and O–H groups in total. The van der Waals surface area contributed by atoms with Gasteiger partial charge in [0.15, 0.2) is 0 Å². The Morgan fingerprint density at radius 1 is 0.643 bits per heavy atom. The fourth-order valence-electron chi connectivity index (χ4n) is 4.46. The minimum absolute atomic E-state index is 0.350. The zero-order valence-corrected chi connectivity index (χ0v) is 16.5. The van der Waals surface area contributed by atoms with E-state index < -0.39 is 0 Å². The topological polar surface area (TPSA) is 31.6 Å². The van der Waals surface area contributed by atoms with Gasteiger partial charge >= 0.3 is 7.12 Å². The third-order valence-corrected chi connectivity index (χ3v) is 6.67. The van der Waals surface area contributed by atoms with Crippen molar-refractivity contribution >= 4 is 56.1 Å². The van der Waals surface area contributed by atoms with Gasteiger partial charge in [0.25, 0.3) is 0 Å². The smallest absolute Gasteiger partial charge is 0.456 e. The molecule has 138 valence electrons. The van der Waals surface area contributed by atoms with Crippen molar-refractivity contribution in [2.75, 3.05) is 0 Å². The number of rotatable bonds is 1. The van der Waals surface area contributed by atoms with Crippen LogP contribution in [0.25, 0.3) is 43.5 Å². The molecule has 1 saturated heterocycles. The van der Waals surface area contributed by atoms with Gasteiger partial charge in [0.2, 0.25) is 0 Å². The number of hydrogen-bond acceptors (Lipinski definition) is 3. The Balaban J connectivity index is 1.66. The second-order valence-electron chi connectivity index (χ2n) is 8.85. The predicted molar refractivity (Wildman–Crippen MR) is 116 cm³/mol. The van der Waals surface area contributed by atoms with Crippen molar-refractivity contribution in [3.63, 3.8) is 0 Å². The van der Waals surface area contributed by atoms with Crippen LogP contribution in [0.2, 0.25) is 0 Å². The quantitative estimate of drug-likeness (QED) is 0.284. The molecular weight excluding hydrogens is 347 g/mol. The summed E-state index contributed by atoms with van der Waals surface area (Å²) in [6.07, 6.45) is 0. The van der Waals surface area contributed by atoms with E-state index in [0.29, 0.717) is 0 Å². The second kappa shape index (κ2) is 5.08. The molecule has 5 aromatic rings. The highest BCUT2D eigenvalue weighted by Crippen LogP contribution is 2.42. The molecule has 4 aromatic carbocycles. The van der Waals surface area contributed by atoms with Gasteiger partial charge in [-0.2, -0.15) is 0 Å². The summed E-state index contributed by atoms with van der Waals surface area (Å²) in [5.74, 6) is 0. The average molecular weight is 368 g/mol. The molecule has 0 bridgehead atoms. The Hall–Kier alpha value is -2.56. The van der Waals surface area contributed by atoms with E-state index in [1.54, 1.807) is 0 Å². The van der Waals surface area contributed by atoms with Crippen molar-refractivity contribution in [3.05, 3.63) is 54.6 Å². The SMILES string of the molecule is CC1(C)OB(c2ccc3c(c2)c2cccc4oc5cccc3c5c42)OC1(C)C. The molecule has 1 aliphatic heterocycles. The molecule has 0 amide bonds. The summed E-state index contributed by atoms with van der Waals surface area (Å²) in [5.41, 5.74) is 2.23. The first-order chi connectivity index (χ1) is 13.4. The molecule has 1 aliphatic rings. The van der Waals surface area contributed by atoms with Crippen LogP contribution in [-0.4, -0.2) is 18.3 Å². The van der Waals surface area contributed by atoms with Gasteiger partial charge in [-0.25, -0.2) is 0 Å². The van der Waals surface area contributed by atoms with E-state index >= 15 is 0 Å². The summed E-state index contributed by atoms with van der Waals surface area (Å²) < 4.78 is 18.7. The van der Waals surface area contributed by atoms with E-state index in [-0.39, 0.29) is 18.3 Å². The zero-order valence-electron chi connectivity index (χ0n) is 16.5. The first-order valence-corrected chi connectivity index (χ1v) is 9.80. The molecule has 3 nitrogen and oxygen atoms in total. The van der Waals surface area contributed by atoms with Gasteiger partial charge in [-0.3, -0.25) is 0 Å². The maximum Gasteiger partial charge on any atom is 0.494 e. The van der Waals surface area contributed by atoms with Crippen molar-refractivity contribution in [2.24, 2.45) is 0 Å². The molecule has 0 unspecified atom stereocenters. The van der Waals surface area contributed by atoms with Crippen molar-refractivity contribution in [1.29, 1.82) is 0 Å². The molecule has 1 fully saturated rings. The molecular formula is C24H21BO3. The van der Waals surface area contributed by atoms with Crippen LogP contribution in [0.4, 0.5) is 0 Å². The summed E-state index contributed by atoms with van der Waals surface area (Å²) in [7, 11) is -0.365. The van der Waals surface area contributed by atoms with Crippen LogP contribution in [0.3, 0.4) is 0 Å². The van der Waals surface area contributed by atoms with Gasteiger partial charge in [0.1, 0.15) is 11.2 Å². The van der Waals surface area contributed by atoms with E-state index in [0.717, 1.165) is 16.6 Å². The predicted octanol–water partition coefficient (Wildman–Crippen LogP) is 5.63. The van der Waals surface area contributed by atoms with Crippen LogP contribution in [0, 0.1) is 0 Å². The maximum atomic E-state index is 6.29. The Kier molecular flexibility index (Phi) is 2.97. The number of fused-ring (bicyclic) bond motifs is 3. The second-order valence-corrected chi connectivity index (χ2v) is 8.85. The molecule has 0 aliphatic carbocycles. The van der Waals surface area contributed by atoms with Crippen LogP contribution in [0.5, 0.6) is 0 Å². The van der Waals surface area contributed by atoms with Gasteiger partial charge < -0.3 is 13.7 Å².